The van der Waals surface area contributed by atoms with Gasteiger partial charge in [-0.05, 0) is 59.3 Å². The van der Waals surface area contributed by atoms with Gasteiger partial charge in [-0.15, -0.1) is 0 Å². The van der Waals surface area contributed by atoms with Gasteiger partial charge in [0.2, 0.25) is 0 Å². The number of benzene rings is 1. The molecule has 0 aliphatic heterocycles. The van der Waals surface area contributed by atoms with E-state index < -0.39 is 0 Å². The molecule has 0 saturated carbocycles. The molecule has 76 valence electrons. The molecule has 0 atom stereocenters. The van der Waals surface area contributed by atoms with Crippen molar-refractivity contribution in [1.82, 2.24) is 4.57 Å². The first-order valence-electron chi connectivity index (χ1n) is 4.63. The number of aryl methyl sites for hydroxylation is 1. The van der Waals surface area contributed by atoms with Crippen LogP contribution in [0.2, 0.25) is 0 Å². The SMILES string of the molecule is Cc1cc(-n2ccccc2=O)ccc1I. The molecule has 0 radical (unpaired) electrons. The van der Waals surface area contributed by atoms with Gasteiger partial charge in [-0.3, -0.25) is 9.36 Å². The van der Waals surface area contributed by atoms with Crippen molar-refractivity contribution in [2.45, 2.75) is 6.92 Å². The normalized spacial score (nSPS) is 10.3. The zero-order chi connectivity index (χ0) is 10.8. The fourth-order valence-corrected chi connectivity index (χ4v) is 1.75. The summed E-state index contributed by atoms with van der Waals surface area (Å²) in [6.45, 7) is 2.04. The molecule has 0 aliphatic rings. The molecule has 2 rings (SSSR count). The van der Waals surface area contributed by atoms with Gasteiger partial charge in [-0.1, -0.05) is 6.07 Å². The van der Waals surface area contributed by atoms with E-state index in [4.69, 9.17) is 0 Å². The monoisotopic (exact) mass is 311 g/mol. The molecule has 1 aromatic carbocycles. The highest BCUT2D eigenvalue weighted by molar-refractivity contribution is 14.1. The average molecular weight is 311 g/mol. The smallest absolute Gasteiger partial charge is 0.255 e. The van der Waals surface area contributed by atoms with Crippen LogP contribution >= 0.6 is 22.6 Å². The Morgan fingerprint density at radius 1 is 1.20 bits per heavy atom. The van der Waals surface area contributed by atoms with Gasteiger partial charge in [0.25, 0.3) is 5.56 Å². The van der Waals surface area contributed by atoms with Crippen LogP contribution in [0, 0.1) is 10.5 Å². The Bertz CT molecular complexity index is 545. The molecular weight excluding hydrogens is 301 g/mol. The third-order valence-corrected chi connectivity index (χ3v) is 3.45. The number of halogens is 1. The van der Waals surface area contributed by atoms with Crippen LogP contribution in [0.4, 0.5) is 0 Å². The summed E-state index contributed by atoms with van der Waals surface area (Å²) in [7, 11) is 0. The van der Waals surface area contributed by atoms with Crippen molar-refractivity contribution < 1.29 is 0 Å². The largest absolute Gasteiger partial charge is 0.284 e. The number of nitrogens with zero attached hydrogens (tertiary/aromatic N) is 1. The van der Waals surface area contributed by atoms with Crippen molar-refractivity contribution in [3.8, 4) is 5.69 Å². The standard InChI is InChI=1S/C12H10INO/c1-9-8-10(5-6-11(9)13)14-7-3-2-4-12(14)15/h2-8H,1H3. The molecule has 0 saturated heterocycles. The van der Waals surface area contributed by atoms with Gasteiger partial charge in [-0.2, -0.15) is 0 Å². The molecule has 0 amide bonds. The average Bonchev–Trinajstić information content (AvgIpc) is 2.23. The van der Waals surface area contributed by atoms with E-state index in [1.807, 2.05) is 31.2 Å². The molecule has 0 N–H and O–H groups in total. The molecule has 1 aromatic heterocycles. The fraction of sp³-hybridized carbons (Fsp3) is 0.0833. The lowest BCUT2D eigenvalue weighted by atomic mass is 10.2. The second-order valence-corrected chi connectivity index (χ2v) is 4.50. The highest BCUT2D eigenvalue weighted by Crippen LogP contribution is 2.14. The number of hydrogen-bond donors (Lipinski definition) is 0. The van der Waals surface area contributed by atoms with Crippen LogP contribution in [0.3, 0.4) is 0 Å². The van der Waals surface area contributed by atoms with Gasteiger partial charge in [0.15, 0.2) is 0 Å². The van der Waals surface area contributed by atoms with Crippen molar-refractivity contribution in [3.63, 3.8) is 0 Å². The third-order valence-electron chi connectivity index (χ3n) is 2.24. The van der Waals surface area contributed by atoms with Gasteiger partial charge in [0.1, 0.15) is 0 Å². The van der Waals surface area contributed by atoms with Crippen molar-refractivity contribution >= 4 is 22.6 Å². The number of rotatable bonds is 1. The van der Waals surface area contributed by atoms with E-state index in [-0.39, 0.29) is 5.56 Å². The van der Waals surface area contributed by atoms with E-state index in [1.165, 1.54) is 9.13 Å². The van der Waals surface area contributed by atoms with E-state index >= 15 is 0 Å². The van der Waals surface area contributed by atoms with Gasteiger partial charge >= 0.3 is 0 Å². The second kappa shape index (κ2) is 4.18. The first-order chi connectivity index (χ1) is 7.18. The molecule has 0 aliphatic carbocycles. The molecule has 0 spiro atoms. The van der Waals surface area contributed by atoms with E-state index in [2.05, 4.69) is 22.6 Å². The van der Waals surface area contributed by atoms with Crippen LogP contribution in [-0.2, 0) is 0 Å². The van der Waals surface area contributed by atoms with E-state index in [9.17, 15) is 4.79 Å². The summed E-state index contributed by atoms with van der Waals surface area (Å²) in [4.78, 5) is 11.6. The fourth-order valence-electron chi connectivity index (χ4n) is 1.42. The van der Waals surface area contributed by atoms with Crippen LogP contribution in [0.1, 0.15) is 5.56 Å². The van der Waals surface area contributed by atoms with E-state index in [0.29, 0.717) is 0 Å². The van der Waals surface area contributed by atoms with Crippen LogP contribution in [0.15, 0.2) is 47.4 Å². The van der Waals surface area contributed by atoms with Crippen molar-refractivity contribution in [2.24, 2.45) is 0 Å². The number of aromatic nitrogens is 1. The van der Waals surface area contributed by atoms with Crippen molar-refractivity contribution in [3.05, 3.63) is 62.1 Å². The van der Waals surface area contributed by atoms with Crippen molar-refractivity contribution in [1.29, 1.82) is 0 Å². The molecule has 0 bridgehead atoms. The van der Waals surface area contributed by atoms with E-state index in [0.717, 1.165) is 5.69 Å². The van der Waals surface area contributed by atoms with Crippen LogP contribution < -0.4 is 5.56 Å². The third kappa shape index (κ3) is 2.12. The molecule has 0 fully saturated rings. The zero-order valence-electron chi connectivity index (χ0n) is 8.27. The minimum atomic E-state index is -0.00175. The molecule has 3 heteroatoms. The summed E-state index contributed by atoms with van der Waals surface area (Å²) in [6.07, 6.45) is 1.78. The lowest BCUT2D eigenvalue weighted by Crippen LogP contribution is -2.15. The Labute approximate surface area is 102 Å². The van der Waals surface area contributed by atoms with Crippen molar-refractivity contribution in [2.75, 3.05) is 0 Å². The Hall–Kier alpha value is -1.10. The first-order valence-corrected chi connectivity index (χ1v) is 5.70. The maximum absolute atomic E-state index is 11.6. The summed E-state index contributed by atoms with van der Waals surface area (Å²) in [5.74, 6) is 0. The Morgan fingerprint density at radius 2 is 2.00 bits per heavy atom. The summed E-state index contributed by atoms with van der Waals surface area (Å²) in [5, 5.41) is 0. The molecule has 1 heterocycles. The minimum Gasteiger partial charge on any atom is -0.284 e. The van der Waals surface area contributed by atoms with Gasteiger partial charge < -0.3 is 0 Å². The lowest BCUT2D eigenvalue weighted by molar-refractivity contribution is 0.987. The van der Waals surface area contributed by atoms with Gasteiger partial charge in [0, 0.05) is 21.5 Å². The molecule has 0 unspecified atom stereocenters. The number of hydrogen-bond acceptors (Lipinski definition) is 1. The lowest BCUT2D eigenvalue weighted by Gasteiger charge is -2.06. The summed E-state index contributed by atoms with van der Waals surface area (Å²) < 4.78 is 2.85. The van der Waals surface area contributed by atoms with Crippen LogP contribution in [-0.4, -0.2) is 4.57 Å². The topological polar surface area (TPSA) is 22.0 Å². The minimum absolute atomic E-state index is 0.00175. The van der Waals surface area contributed by atoms with Crippen LogP contribution in [0.5, 0.6) is 0 Å². The Morgan fingerprint density at radius 3 is 2.67 bits per heavy atom. The highest BCUT2D eigenvalue weighted by atomic mass is 127. The molecule has 2 aromatic rings. The Balaban J connectivity index is 2.60. The summed E-state index contributed by atoms with van der Waals surface area (Å²) in [5.41, 5.74) is 2.10. The molecule has 15 heavy (non-hydrogen) atoms. The maximum Gasteiger partial charge on any atom is 0.255 e. The predicted molar refractivity (Wildman–Crippen MR) is 69.5 cm³/mol. The predicted octanol–water partition coefficient (Wildman–Crippen LogP) is 2.75. The van der Waals surface area contributed by atoms with E-state index in [1.54, 1.807) is 22.9 Å². The second-order valence-electron chi connectivity index (χ2n) is 3.34. The van der Waals surface area contributed by atoms with Gasteiger partial charge in [-0.25, -0.2) is 0 Å². The summed E-state index contributed by atoms with van der Waals surface area (Å²) >= 11 is 2.28. The molecule has 2 nitrogen and oxygen atoms in total. The molecular formula is C12H10INO. The first kappa shape index (κ1) is 10.4. The zero-order valence-corrected chi connectivity index (χ0v) is 10.4. The highest BCUT2D eigenvalue weighted by Gasteiger charge is 2.00. The quantitative estimate of drug-likeness (QED) is 0.742. The Kier molecular flexibility index (Phi) is 2.90. The number of pyridine rings is 1. The maximum atomic E-state index is 11.6. The summed E-state index contributed by atoms with van der Waals surface area (Å²) in [6, 6.07) is 11.2. The van der Waals surface area contributed by atoms with Crippen LogP contribution in [0.25, 0.3) is 5.69 Å². The van der Waals surface area contributed by atoms with Gasteiger partial charge in [0.05, 0.1) is 0 Å².